The van der Waals surface area contributed by atoms with Crippen LogP contribution in [0.25, 0.3) is 6.08 Å². The number of carbonyl (C=O) groups excluding carboxylic acids is 1. The molecular weight excluding hydrogens is 247 g/mol. The normalized spacial score (nSPS) is 12.1. The van der Waals surface area contributed by atoms with Gasteiger partial charge in [-0.15, -0.1) is 0 Å². The Hall–Kier alpha value is -2.31. The first kappa shape index (κ1) is 13.8. The third kappa shape index (κ3) is 3.93. The molecule has 96 valence electrons. The molecule has 0 radical (unpaired) electrons. The molecule has 0 atom stereocenters. The molecule has 1 aromatic rings. The first-order valence-electron chi connectivity index (χ1n) is 4.80. The van der Waals surface area contributed by atoms with Gasteiger partial charge in [-0.25, -0.2) is 0 Å². The summed E-state index contributed by atoms with van der Waals surface area (Å²) in [5.41, 5.74) is 3.64. The monoisotopic (exact) mass is 257 g/mol. The van der Waals surface area contributed by atoms with Crippen molar-refractivity contribution in [3.63, 3.8) is 0 Å². The number of rotatable bonds is 2. The van der Waals surface area contributed by atoms with Gasteiger partial charge in [0.25, 0.3) is 5.91 Å². The van der Waals surface area contributed by atoms with Crippen LogP contribution in [0.3, 0.4) is 0 Å². The Kier molecular flexibility index (Phi) is 4.09. The molecule has 1 amide bonds. The van der Waals surface area contributed by atoms with Crippen molar-refractivity contribution in [2.24, 2.45) is 5.73 Å². The number of alkyl halides is 3. The van der Waals surface area contributed by atoms with Gasteiger partial charge in [-0.1, -0.05) is 30.3 Å². The highest BCUT2D eigenvalue weighted by Gasteiger charge is 2.38. The van der Waals surface area contributed by atoms with Gasteiger partial charge in [0.2, 0.25) is 0 Å². The molecule has 4 N–H and O–H groups in total. The van der Waals surface area contributed by atoms with Crippen molar-refractivity contribution in [1.82, 2.24) is 5.32 Å². The molecular formula is C11H10F3N3O. The first-order valence-corrected chi connectivity index (χ1v) is 4.80. The van der Waals surface area contributed by atoms with Gasteiger partial charge in [0, 0.05) is 0 Å². The van der Waals surface area contributed by atoms with Gasteiger partial charge in [0.05, 0.1) is 0 Å². The maximum atomic E-state index is 12.7. The van der Waals surface area contributed by atoms with Crippen molar-refractivity contribution in [2.45, 2.75) is 6.18 Å². The zero-order valence-corrected chi connectivity index (χ0v) is 9.08. The van der Waals surface area contributed by atoms with Crippen LogP contribution in [0, 0.1) is 5.41 Å². The maximum absolute atomic E-state index is 12.7. The average Bonchev–Trinajstić information content (AvgIpc) is 2.24. The summed E-state index contributed by atoms with van der Waals surface area (Å²) in [6.07, 6.45) is -4.13. The molecule has 0 fully saturated rings. The van der Waals surface area contributed by atoms with E-state index in [1.165, 1.54) is 12.1 Å². The lowest BCUT2D eigenvalue weighted by Gasteiger charge is -2.11. The summed E-state index contributed by atoms with van der Waals surface area (Å²) in [6, 6.07) is 7.57. The molecule has 0 spiro atoms. The molecule has 4 nitrogen and oxygen atoms in total. The standard InChI is InChI=1S/C11H10F3N3O/c12-11(13,14)8(9(18)17-10(15)16)6-7-4-2-1-3-5-7/h1-6H,(H4,15,16,17,18). The van der Waals surface area contributed by atoms with E-state index in [4.69, 9.17) is 11.1 Å². The number of benzene rings is 1. The summed E-state index contributed by atoms with van der Waals surface area (Å²) in [5.74, 6) is -2.30. The van der Waals surface area contributed by atoms with Crippen molar-refractivity contribution < 1.29 is 18.0 Å². The highest BCUT2D eigenvalue weighted by atomic mass is 19.4. The largest absolute Gasteiger partial charge is 0.421 e. The first-order chi connectivity index (χ1) is 8.30. The van der Waals surface area contributed by atoms with Crippen LogP contribution in [0.5, 0.6) is 0 Å². The minimum atomic E-state index is -4.82. The molecule has 0 saturated heterocycles. The molecule has 0 aliphatic carbocycles. The quantitative estimate of drug-likeness (QED) is 0.428. The number of guanidine groups is 1. The SMILES string of the molecule is N=C(N)NC(=O)C(=Cc1ccccc1)C(F)(F)F. The molecule has 1 aromatic carbocycles. The van der Waals surface area contributed by atoms with E-state index in [-0.39, 0.29) is 5.56 Å². The molecule has 18 heavy (non-hydrogen) atoms. The summed E-state index contributed by atoms with van der Waals surface area (Å²) in [7, 11) is 0. The number of halogens is 3. The second kappa shape index (κ2) is 5.35. The fourth-order valence-corrected chi connectivity index (χ4v) is 1.18. The summed E-state index contributed by atoms with van der Waals surface area (Å²) in [6.45, 7) is 0. The van der Waals surface area contributed by atoms with Crippen molar-refractivity contribution in [1.29, 1.82) is 5.41 Å². The molecule has 7 heteroatoms. The summed E-state index contributed by atoms with van der Waals surface area (Å²) in [5, 5.41) is 8.36. The third-order valence-electron chi connectivity index (χ3n) is 1.91. The predicted molar refractivity (Wildman–Crippen MR) is 60.5 cm³/mol. The molecule has 0 aromatic heterocycles. The zero-order valence-electron chi connectivity index (χ0n) is 9.08. The van der Waals surface area contributed by atoms with Crippen molar-refractivity contribution in [3.8, 4) is 0 Å². The summed E-state index contributed by atoms with van der Waals surface area (Å²) in [4.78, 5) is 11.3. The van der Waals surface area contributed by atoms with Gasteiger partial charge in [0.15, 0.2) is 5.96 Å². The van der Waals surface area contributed by atoms with Crippen LogP contribution in [0.15, 0.2) is 35.9 Å². The van der Waals surface area contributed by atoms with Gasteiger partial charge in [0.1, 0.15) is 5.57 Å². The average molecular weight is 257 g/mol. The number of hydrogen-bond acceptors (Lipinski definition) is 2. The van der Waals surface area contributed by atoms with Gasteiger partial charge in [-0.2, -0.15) is 13.2 Å². The lowest BCUT2D eigenvalue weighted by molar-refractivity contribution is -0.129. The van der Waals surface area contributed by atoms with E-state index >= 15 is 0 Å². The summed E-state index contributed by atoms with van der Waals surface area (Å²) >= 11 is 0. The van der Waals surface area contributed by atoms with Crippen LogP contribution in [-0.2, 0) is 4.79 Å². The summed E-state index contributed by atoms with van der Waals surface area (Å²) < 4.78 is 38.0. The van der Waals surface area contributed by atoms with E-state index in [0.717, 1.165) is 0 Å². The van der Waals surface area contributed by atoms with Gasteiger partial charge in [-0.3, -0.25) is 15.5 Å². The second-order valence-electron chi connectivity index (χ2n) is 3.33. The fourth-order valence-electron chi connectivity index (χ4n) is 1.18. The topological polar surface area (TPSA) is 79.0 Å². The van der Waals surface area contributed by atoms with Crippen LogP contribution >= 0.6 is 0 Å². The van der Waals surface area contributed by atoms with E-state index < -0.39 is 23.6 Å². The van der Waals surface area contributed by atoms with E-state index in [9.17, 15) is 18.0 Å². The maximum Gasteiger partial charge on any atom is 0.421 e. The minimum Gasteiger partial charge on any atom is -0.370 e. The second-order valence-corrected chi connectivity index (χ2v) is 3.33. The Balaban J connectivity index is 3.11. The van der Waals surface area contributed by atoms with Crippen molar-refractivity contribution in [3.05, 3.63) is 41.5 Å². The van der Waals surface area contributed by atoms with Crippen LogP contribution in [0.2, 0.25) is 0 Å². The number of nitrogens with one attached hydrogen (secondary N) is 2. The van der Waals surface area contributed by atoms with E-state index in [0.29, 0.717) is 6.08 Å². The lowest BCUT2D eigenvalue weighted by atomic mass is 10.1. The Morgan fingerprint density at radius 1 is 1.28 bits per heavy atom. The van der Waals surface area contributed by atoms with Gasteiger partial charge >= 0.3 is 6.18 Å². The van der Waals surface area contributed by atoms with E-state index in [2.05, 4.69) is 0 Å². The molecule has 0 heterocycles. The molecule has 0 aliphatic rings. The molecule has 0 saturated carbocycles. The van der Waals surface area contributed by atoms with Gasteiger partial charge < -0.3 is 5.73 Å². The van der Waals surface area contributed by atoms with E-state index in [1.807, 2.05) is 0 Å². The number of carbonyl (C=O) groups is 1. The van der Waals surface area contributed by atoms with Crippen LogP contribution < -0.4 is 11.1 Å². The molecule has 0 bridgehead atoms. The molecule has 0 aliphatic heterocycles. The zero-order chi connectivity index (χ0) is 13.8. The smallest absolute Gasteiger partial charge is 0.370 e. The van der Waals surface area contributed by atoms with E-state index in [1.54, 1.807) is 23.5 Å². The van der Waals surface area contributed by atoms with Crippen molar-refractivity contribution in [2.75, 3.05) is 0 Å². The number of hydrogen-bond donors (Lipinski definition) is 3. The van der Waals surface area contributed by atoms with Crippen LogP contribution in [0.4, 0.5) is 13.2 Å². The Morgan fingerprint density at radius 2 is 1.83 bits per heavy atom. The number of nitrogens with two attached hydrogens (primary N) is 1. The Labute approximate surface area is 101 Å². The highest BCUT2D eigenvalue weighted by molar-refractivity contribution is 6.07. The van der Waals surface area contributed by atoms with Crippen LogP contribution in [0.1, 0.15) is 5.56 Å². The third-order valence-corrected chi connectivity index (χ3v) is 1.91. The molecule has 0 unspecified atom stereocenters. The highest BCUT2D eigenvalue weighted by Crippen LogP contribution is 2.27. The Morgan fingerprint density at radius 3 is 2.28 bits per heavy atom. The number of amides is 1. The lowest BCUT2D eigenvalue weighted by Crippen LogP contribution is -2.39. The van der Waals surface area contributed by atoms with Crippen molar-refractivity contribution >= 4 is 17.9 Å². The van der Waals surface area contributed by atoms with Crippen LogP contribution in [-0.4, -0.2) is 18.0 Å². The molecule has 1 rings (SSSR count). The Bertz CT molecular complexity index is 480. The fraction of sp³-hybridized carbons (Fsp3) is 0.0909. The van der Waals surface area contributed by atoms with Gasteiger partial charge in [-0.05, 0) is 11.6 Å². The minimum absolute atomic E-state index is 0.225. The predicted octanol–water partition coefficient (Wildman–Crippen LogP) is 1.64.